The van der Waals surface area contributed by atoms with Crippen molar-refractivity contribution < 1.29 is 46.9 Å². The van der Waals surface area contributed by atoms with E-state index in [1.54, 1.807) is 6.20 Å². The average molecular weight is 856 g/mol. The van der Waals surface area contributed by atoms with Gasteiger partial charge < -0.3 is 34.1 Å². The number of hydrogen-bond acceptors (Lipinski definition) is 11. The van der Waals surface area contributed by atoms with E-state index < -0.39 is 23.1 Å². The number of nitrogens with zero attached hydrogens (tertiary/aromatic N) is 4. The molecule has 0 radical (unpaired) electrons. The van der Waals surface area contributed by atoms with Crippen LogP contribution in [0.3, 0.4) is 0 Å². The first kappa shape index (κ1) is 48.3. The van der Waals surface area contributed by atoms with Crippen LogP contribution in [-0.4, -0.2) is 127 Å². The summed E-state index contributed by atoms with van der Waals surface area (Å²) in [5.74, 6) is -0.528. The van der Waals surface area contributed by atoms with Gasteiger partial charge in [0.15, 0.2) is 0 Å². The third-order valence-corrected chi connectivity index (χ3v) is 10.4. The number of benzene rings is 2. The Morgan fingerprint density at radius 1 is 0.850 bits per heavy atom. The lowest BCUT2D eigenvalue weighted by molar-refractivity contribution is -0.137. The van der Waals surface area contributed by atoms with Crippen molar-refractivity contribution >= 4 is 35.3 Å². The highest BCUT2D eigenvalue weighted by atomic mass is 32.2. The molecule has 0 fully saturated rings. The number of hydrogen-bond donors (Lipinski definition) is 1. The fraction of sp³-hybridized carbons (Fsp3) is 0.523. The lowest BCUT2D eigenvalue weighted by Gasteiger charge is -2.40. The highest BCUT2D eigenvalue weighted by Gasteiger charge is 2.38. The van der Waals surface area contributed by atoms with Crippen LogP contribution in [0.5, 0.6) is 0 Å². The topological polar surface area (TPSA) is 156 Å². The van der Waals surface area contributed by atoms with Crippen LogP contribution in [0.15, 0.2) is 66.9 Å². The highest BCUT2D eigenvalue weighted by Crippen LogP contribution is 2.40. The normalized spacial score (nSPS) is 13.4. The minimum Gasteiger partial charge on any atom is -0.379 e. The summed E-state index contributed by atoms with van der Waals surface area (Å²) >= 11 is 1.47. The van der Waals surface area contributed by atoms with Crippen LogP contribution in [0.1, 0.15) is 63.9 Å². The number of imide groups is 1. The van der Waals surface area contributed by atoms with Gasteiger partial charge in [0.05, 0.1) is 70.3 Å². The van der Waals surface area contributed by atoms with Crippen molar-refractivity contribution in [2.45, 2.75) is 59.0 Å². The fourth-order valence-electron chi connectivity index (χ4n) is 6.55. The smallest absolute Gasteiger partial charge is 0.253 e. The van der Waals surface area contributed by atoms with E-state index in [0.717, 1.165) is 28.7 Å². The quantitative estimate of drug-likeness (QED) is 0.0685. The number of rotatable bonds is 29. The van der Waals surface area contributed by atoms with Crippen LogP contribution >= 0.6 is 11.8 Å². The summed E-state index contributed by atoms with van der Waals surface area (Å²) in [6, 6.07) is 12.6. The first-order valence-corrected chi connectivity index (χ1v) is 21.5. The summed E-state index contributed by atoms with van der Waals surface area (Å²) < 4.78 is 53.5. The second-order valence-electron chi connectivity index (χ2n) is 15.3. The van der Waals surface area contributed by atoms with Gasteiger partial charge in [-0.25, -0.2) is 13.8 Å². The molecule has 4 rings (SSSR count). The Kier molecular flexibility index (Phi) is 20.5. The first-order chi connectivity index (χ1) is 28.9. The van der Waals surface area contributed by atoms with Gasteiger partial charge in [-0.1, -0.05) is 51.1 Å². The number of ether oxygens (including phenoxy) is 4. The van der Waals surface area contributed by atoms with Crippen molar-refractivity contribution in [1.29, 1.82) is 0 Å². The molecule has 0 saturated carbocycles. The number of amides is 3. The van der Waals surface area contributed by atoms with Gasteiger partial charge in [0, 0.05) is 62.1 Å². The van der Waals surface area contributed by atoms with Gasteiger partial charge in [0.25, 0.3) is 11.8 Å². The van der Waals surface area contributed by atoms with E-state index in [-0.39, 0.29) is 66.5 Å². The van der Waals surface area contributed by atoms with Crippen LogP contribution in [-0.2, 0) is 44.7 Å². The molecule has 0 saturated heterocycles. The molecular weight excluding hydrogens is 797 g/mol. The molecule has 0 bridgehead atoms. The number of Topliss-reactive ketones (excluding diaryl/α,β-unsaturated/α-hetero) is 1. The summed E-state index contributed by atoms with van der Waals surface area (Å²) in [6.45, 7) is 10.5. The molecule has 1 atom stereocenters. The summed E-state index contributed by atoms with van der Waals surface area (Å²) in [5, 5.41) is 0. The largest absolute Gasteiger partial charge is 0.379 e. The zero-order valence-electron chi connectivity index (χ0n) is 35.0. The Morgan fingerprint density at radius 2 is 1.48 bits per heavy atom. The Morgan fingerprint density at radius 3 is 2.12 bits per heavy atom. The zero-order valence-corrected chi connectivity index (χ0v) is 35.8. The summed E-state index contributed by atoms with van der Waals surface area (Å²) in [5.41, 5.74) is 6.78. The van der Waals surface area contributed by atoms with E-state index >= 15 is 4.39 Å². The minimum absolute atomic E-state index is 0.0133. The van der Waals surface area contributed by atoms with Crippen LogP contribution < -0.4 is 5.73 Å². The molecule has 0 aliphatic carbocycles. The van der Waals surface area contributed by atoms with Crippen molar-refractivity contribution in [2.75, 3.05) is 84.0 Å². The lowest BCUT2D eigenvalue weighted by atomic mass is 9.84. The van der Waals surface area contributed by atoms with Gasteiger partial charge in [-0.3, -0.25) is 24.1 Å². The van der Waals surface area contributed by atoms with E-state index in [1.807, 2.05) is 60.6 Å². The number of aromatic nitrogens is 2. The molecule has 1 aliphatic heterocycles. The summed E-state index contributed by atoms with van der Waals surface area (Å²) in [7, 11) is 0. The molecule has 0 spiro atoms. The van der Waals surface area contributed by atoms with Crippen LogP contribution in [0.25, 0.3) is 11.3 Å². The molecule has 1 aromatic heterocycles. The lowest BCUT2D eigenvalue weighted by Crippen LogP contribution is -2.44. The van der Waals surface area contributed by atoms with E-state index in [4.69, 9.17) is 29.7 Å². The number of ketones is 1. The average Bonchev–Trinajstić information content (AvgIpc) is 3.77. The van der Waals surface area contributed by atoms with Gasteiger partial charge in [-0.05, 0) is 48.6 Å². The van der Waals surface area contributed by atoms with Gasteiger partial charge in [0.2, 0.25) is 5.91 Å². The van der Waals surface area contributed by atoms with E-state index in [2.05, 4.69) is 0 Å². The van der Waals surface area contributed by atoms with Crippen molar-refractivity contribution in [2.24, 2.45) is 11.1 Å². The van der Waals surface area contributed by atoms with Gasteiger partial charge in [-0.2, -0.15) is 0 Å². The molecular formula is C44H59F2N5O8S. The van der Waals surface area contributed by atoms with E-state index in [0.29, 0.717) is 90.3 Å². The predicted molar refractivity (Wildman–Crippen MR) is 226 cm³/mol. The number of thioether (sulfide) groups is 1. The monoisotopic (exact) mass is 855 g/mol. The second-order valence-corrected chi connectivity index (χ2v) is 16.4. The summed E-state index contributed by atoms with van der Waals surface area (Å²) in [4.78, 5) is 57.0. The molecule has 2 N–H and O–H groups in total. The van der Waals surface area contributed by atoms with Crippen LogP contribution in [0.4, 0.5) is 8.78 Å². The molecule has 328 valence electrons. The molecule has 2 heterocycles. The SMILES string of the molecule is CC(C)(C)C(c1nc(-c2cc(F)ccc2F)cn1Cc1ccccc1)N(CCCN)C(=O)CSCCOCCOCCOCCOCCC(=O)CCCN1C(=O)C=CC1=O. The third-order valence-electron chi connectivity index (χ3n) is 9.48. The van der Waals surface area contributed by atoms with Gasteiger partial charge >= 0.3 is 0 Å². The fourth-order valence-corrected chi connectivity index (χ4v) is 7.27. The first-order valence-electron chi connectivity index (χ1n) is 20.4. The Labute approximate surface area is 355 Å². The molecule has 13 nitrogen and oxygen atoms in total. The van der Waals surface area contributed by atoms with Crippen LogP contribution in [0.2, 0.25) is 0 Å². The summed E-state index contributed by atoms with van der Waals surface area (Å²) in [6.07, 6.45) is 5.74. The standard InChI is InChI=1S/C44H59F2N5O8S/c1-44(2,3)42(43-48-38(36-29-34(45)12-13-37(36)46)31-49(43)30-33-9-5-4-6-10-33)51(19-8-17-47)41(55)32-60-28-27-59-26-25-58-24-23-57-22-21-56-20-16-35(52)11-7-18-50-39(53)14-15-40(50)54/h4-6,9-10,12-15,29,31,42H,7-8,11,16-28,30,32,47H2,1-3H3. The molecule has 3 amide bonds. The van der Waals surface area contributed by atoms with Crippen molar-refractivity contribution in [3.8, 4) is 11.3 Å². The number of halogens is 2. The van der Waals surface area contributed by atoms with E-state index in [1.165, 1.54) is 23.9 Å². The van der Waals surface area contributed by atoms with Crippen LogP contribution in [0, 0.1) is 17.0 Å². The second kappa shape index (κ2) is 25.5. The third kappa shape index (κ3) is 15.9. The maximum Gasteiger partial charge on any atom is 0.253 e. The Bertz CT molecular complexity index is 1840. The minimum atomic E-state index is -0.585. The van der Waals surface area contributed by atoms with Crippen molar-refractivity contribution in [3.05, 3.63) is 89.9 Å². The van der Waals surface area contributed by atoms with Gasteiger partial charge in [-0.15, -0.1) is 11.8 Å². The molecule has 1 aliphatic rings. The molecule has 16 heteroatoms. The number of carbonyl (C=O) groups is 4. The van der Waals surface area contributed by atoms with Gasteiger partial charge in [0.1, 0.15) is 23.2 Å². The van der Waals surface area contributed by atoms with Crippen molar-refractivity contribution in [3.63, 3.8) is 0 Å². The zero-order chi connectivity index (χ0) is 43.3. The number of carbonyl (C=O) groups excluding carboxylic acids is 4. The highest BCUT2D eigenvalue weighted by molar-refractivity contribution is 7.99. The predicted octanol–water partition coefficient (Wildman–Crippen LogP) is 5.61. The number of imidazole rings is 1. The Hall–Kier alpha value is -4.32. The molecule has 3 aromatic rings. The van der Waals surface area contributed by atoms with Crippen molar-refractivity contribution in [1.82, 2.24) is 19.4 Å². The molecule has 1 unspecified atom stereocenters. The number of nitrogens with two attached hydrogens (primary N) is 1. The molecule has 60 heavy (non-hydrogen) atoms. The maximum atomic E-state index is 15.0. The van der Waals surface area contributed by atoms with E-state index in [9.17, 15) is 23.6 Å². The maximum absolute atomic E-state index is 15.0. The molecule has 2 aromatic carbocycles. The Balaban J connectivity index is 1.15.